The molecule has 1 aromatic carbocycles. The van der Waals surface area contributed by atoms with E-state index in [4.69, 9.17) is 4.74 Å². The third-order valence-corrected chi connectivity index (χ3v) is 5.13. The number of hydrogen-bond donors (Lipinski definition) is 0. The molecule has 1 aliphatic rings. The third-order valence-electron chi connectivity index (χ3n) is 3.44. The van der Waals surface area contributed by atoms with Gasteiger partial charge in [-0.25, -0.2) is 0 Å². The number of unbranched alkanes of at least 4 members (excludes halogenated alkanes) is 1. The van der Waals surface area contributed by atoms with E-state index in [1.54, 1.807) is 0 Å². The summed E-state index contributed by atoms with van der Waals surface area (Å²) in [5, 5.41) is -0.0111. The van der Waals surface area contributed by atoms with Gasteiger partial charge in [0.1, 0.15) is 0 Å². The second-order valence-corrected chi connectivity index (χ2v) is 6.63. The van der Waals surface area contributed by atoms with E-state index in [9.17, 15) is 4.21 Å². The molecule has 0 radical (unpaired) electrons. The molecular weight excluding hydrogens is 256 g/mol. The predicted molar refractivity (Wildman–Crippen MR) is 79.8 cm³/mol. The molecule has 19 heavy (non-hydrogen) atoms. The molecule has 3 heteroatoms. The predicted octanol–water partition coefficient (Wildman–Crippen LogP) is 3.62. The van der Waals surface area contributed by atoms with Gasteiger partial charge in [0, 0.05) is 4.90 Å². The van der Waals surface area contributed by atoms with Crippen LogP contribution in [0.3, 0.4) is 0 Å². The highest BCUT2D eigenvalue weighted by molar-refractivity contribution is 7.86. The van der Waals surface area contributed by atoms with Crippen molar-refractivity contribution in [1.29, 1.82) is 0 Å². The molecule has 104 valence electrons. The Kier molecular flexibility index (Phi) is 5.34. The van der Waals surface area contributed by atoms with Crippen LogP contribution in [-0.4, -0.2) is 22.2 Å². The molecule has 2 nitrogen and oxygen atoms in total. The Bertz CT molecular complexity index is 450. The van der Waals surface area contributed by atoms with E-state index in [0.717, 1.165) is 24.2 Å². The van der Waals surface area contributed by atoms with Gasteiger partial charge in [-0.15, -0.1) is 0 Å². The van der Waals surface area contributed by atoms with E-state index in [0.29, 0.717) is 6.61 Å². The number of benzene rings is 1. The van der Waals surface area contributed by atoms with E-state index in [-0.39, 0.29) is 11.4 Å². The van der Waals surface area contributed by atoms with Crippen LogP contribution < -0.4 is 0 Å². The van der Waals surface area contributed by atoms with Gasteiger partial charge in [-0.2, -0.15) is 0 Å². The number of aryl methyl sites for hydroxylation is 1. The molecule has 1 heterocycles. The second kappa shape index (κ2) is 7.01. The molecular formula is C16H22O2S. The van der Waals surface area contributed by atoms with Crippen LogP contribution in [0.4, 0.5) is 0 Å². The minimum absolute atomic E-state index is 0.0111. The summed E-state index contributed by atoms with van der Waals surface area (Å²) in [7, 11) is -1.02. The molecule has 0 saturated carbocycles. The molecule has 1 aromatic rings. The third kappa shape index (κ3) is 3.77. The highest BCUT2D eigenvalue weighted by atomic mass is 32.2. The van der Waals surface area contributed by atoms with Crippen molar-refractivity contribution in [3.63, 3.8) is 0 Å². The molecule has 0 saturated heterocycles. The standard InChI is InChI=1S/C16H22O2S/c1-3-4-6-15-16(7-5-12-18-15)19(17)14-10-8-13(2)9-11-14/h5,7-11,15-16H,3-4,6,12H2,1-2H3/t15-,16+,19-/m0/s1. The Morgan fingerprint density at radius 3 is 2.74 bits per heavy atom. The van der Waals surface area contributed by atoms with Crippen LogP contribution in [0.5, 0.6) is 0 Å². The zero-order valence-corrected chi connectivity index (χ0v) is 12.5. The average molecular weight is 278 g/mol. The van der Waals surface area contributed by atoms with Gasteiger partial charge in [-0.1, -0.05) is 49.6 Å². The van der Waals surface area contributed by atoms with E-state index in [1.165, 1.54) is 5.56 Å². The lowest BCUT2D eigenvalue weighted by atomic mass is 10.1. The first-order chi connectivity index (χ1) is 9.22. The first-order valence-electron chi connectivity index (χ1n) is 6.98. The van der Waals surface area contributed by atoms with Crippen LogP contribution in [0.15, 0.2) is 41.3 Å². The van der Waals surface area contributed by atoms with Gasteiger partial charge in [-0.3, -0.25) is 4.21 Å². The van der Waals surface area contributed by atoms with Gasteiger partial charge in [0.25, 0.3) is 0 Å². The van der Waals surface area contributed by atoms with Crippen molar-refractivity contribution in [1.82, 2.24) is 0 Å². The van der Waals surface area contributed by atoms with Crippen molar-refractivity contribution in [2.75, 3.05) is 6.61 Å². The molecule has 0 aliphatic carbocycles. The lowest BCUT2D eigenvalue weighted by Crippen LogP contribution is -2.34. The molecule has 3 atom stereocenters. The Morgan fingerprint density at radius 1 is 1.32 bits per heavy atom. The Balaban J connectivity index is 2.12. The van der Waals surface area contributed by atoms with Crippen LogP contribution in [0.2, 0.25) is 0 Å². The SMILES string of the molecule is CCCC[C@@H]1OCC=C[C@H]1[S@@](=O)c1ccc(C)cc1. The van der Waals surface area contributed by atoms with Crippen LogP contribution in [0.25, 0.3) is 0 Å². The topological polar surface area (TPSA) is 26.3 Å². The maximum Gasteiger partial charge on any atom is 0.0837 e. The summed E-state index contributed by atoms with van der Waals surface area (Å²) < 4.78 is 18.4. The van der Waals surface area contributed by atoms with Crippen LogP contribution >= 0.6 is 0 Å². The van der Waals surface area contributed by atoms with Crippen molar-refractivity contribution in [3.05, 3.63) is 42.0 Å². The molecule has 0 amide bonds. The zero-order chi connectivity index (χ0) is 13.7. The monoisotopic (exact) mass is 278 g/mol. The summed E-state index contributed by atoms with van der Waals surface area (Å²) >= 11 is 0. The molecule has 0 fully saturated rings. The molecule has 0 bridgehead atoms. The van der Waals surface area contributed by atoms with Crippen molar-refractivity contribution in [2.24, 2.45) is 0 Å². The van der Waals surface area contributed by atoms with Gasteiger partial charge in [-0.05, 0) is 25.5 Å². The molecule has 0 N–H and O–H groups in total. The molecule has 0 spiro atoms. The summed E-state index contributed by atoms with van der Waals surface area (Å²) in [6.45, 7) is 4.86. The smallest absolute Gasteiger partial charge is 0.0837 e. The van der Waals surface area contributed by atoms with Crippen LogP contribution in [0.1, 0.15) is 31.7 Å². The van der Waals surface area contributed by atoms with E-state index >= 15 is 0 Å². The molecule has 2 rings (SSSR count). The number of rotatable bonds is 5. The van der Waals surface area contributed by atoms with Crippen molar-refractivity contribution in [2.45, 2.75) is 49.4 Å². The van der Waals surface area contributed by atoms with E-state index in [2.05, 4.69) is 13.0 Å². The first-order valence-corrected chi connectivity index (χ1v) is 8.19. The summed E-state index contributed by atoms with van der Waals surface area (Å²) in [5.41, 5.74) is 1.19. The maximum atomic E-state index is 12.7. The van der Waals surface area contributed by atoms with Crippen molar-refractivity contribution >= 4 is 10.8 Å². The van der Waals surface area contributed by atoms with Gasteiger partial charge >= 0.3 is 0 Å². The first kappa shape index (κ1) is 14.5. The highest BCUT2D eigenvalue weighted by Gasteiger charge is 2.28. The van der Waals surface area contributed by atoms with Gasteiger partial charge < -0.3 is 4.74 Å². The fourth-order valence-electron chi connectivity index (χ4n) is 2.28. The maximum absolute atomic E-state index is 12.7. The quantitative estimate of drug-likeness (QED) is 0.769. The number of hydrogen-bond acceptors (Lipinski definition) is 2. The summed E-state index contributed by atoms with van der Waals surface area (Å²) in [5.74, 6) is 0. The van der Waals surface area contributed by atoms with Gasteiger partial charge in [0.15, 0.2) is 0 Å². The molecule has 1 aliphatic heterocycles. The average Bonchev–Trinajstić information content (AvgIpc) is 2.45. The minimum Gasteiger partial charge on any atom is -0.373 e. The second-order valence-electron chi connectivity index (χ2n) is 5.02. The minimum atomic E-state index is -1.02. The highest BCUT2D eigenvalue weighted by Crippen LogP contribution is 2.23. The van der Waals surface area contributed by atoms with Crippen LogP contribution in [0, 0.1) is 6.92 Å². The Hall–Kier alpha value is -0.930. The largest absolute Gasteiger partial charge is 0.373 e. The fraction of sp³-hybridized carbons (Fsp3) is 0.500. The lowest BCUT2D eigenvalue weighted by molar-refractivity contribution is 0.0632. The molecule has 0 aromatic heterocycles. The summed E-state index contributed by atoms with van der Waals surface area (Å²) in [6.07, 6.45) is 7.41. The van der Waals surface area contributed by atoms with Crippen molar-refractivity contribution < 1.29 is 8.95 Å². The van der Waals surface area contributed by atoms with E-state index in [1.807, 2.05) is 37.3 Å². The van der Waals surface area contributed by atoms with E-state index < -0.39 is 10.8 Å². The lowest BCUT2D eigenvalue weighted by Gasteiger charge is -2.27. The Labute approximate surface area is 118 Å². The fourth-order valence-corrected chi connectivity index (χ4v) is 3.74. The van der Waals surface area contributed by atoms with Crippen LogP contribution in [-0.2, 0) is 15.5 Å². The summed E-state index contributed by atoms with van der Waals surface area (Å²) in [4.78, 5) is 0.896. The molecule has 0 unspecified atom stereocenters. The normalized spacial score (nSPS) is 24.3. The Morgan fingerprint density at radius 2 is 2.05 bits per heavy atom. The van der Waals surface area contributed by atoms with Gasteiger partial charge in [0.05, 0.1) is 28.8 Å². The zero-order valence-electron chi connectivity index (χ0n) is 11.7. The van der Waals surface area contributed by atoms with Gasteiger partial charge in [0.2, 0.25) is 0 Å². The van der Waals surface area contributed by atoms with Crippen molar-refractivity contribution in [3.8, 4) is 0 Å². The summed E-state index contributed by atoms with van der Waals surface area (Å²) in [6, 6.07) is 7.96. The number of ether oxygens (including phenoxy) is 1.